The van der Waals surface area contributed by atoms with Crippen LogP contribution in [0.15, 0.2) is 109 Å². The van der Waals surface area contributed by atoms with Gasteiger partial charge in [-0.05, 0) is 95.7 Å². The van der Waals surface area contributed by atoms with Crippen LogP contribution in [0.3, 0.4) is 0 Å². The zero-order valence-electron chi connectivity index (χ0n) is 33.8. The van der Waals surface area contributed by atoms with Gasteiger partial charge in [0.25, 0.3) is 5.91 Å². The number of hydrogen-bond donors (Lipinski definition) is 5. The zero-order chi connectivity index (χ0) is 41.2. The van der Waals surface area contributed by atoms with E-state index in [0.29, 0.717) is 57.6 Å². The molecule has 0 aliphatic rings. The molecule has 0 bridgehead atoms. The molecule has 0 radical (unpaired) electrons. The molecule has 6 N–H and O–H groups in total. The van der Waals surface area contributed by atoms with Gasteiger partial charge in [-0.25, -0.2) is 0 Å². The van der Waals surface area contributed by atoms with E-state index < -0.39 is 24.1 Å². The van der Waals surface area contributed by atoms with Crippen LogP contribution in [-0.4, -0.2) is 77.8 Å². The number of hydrogen-bond acceptors (Lipinski definition) is 7. The molecular formula is C47H60N4O6. The van der Waals surface area contributed by atoms with E-state index in [1.165, 1.54) is 5.57 Å². The summed E-state index contributed by atoms with van der Waals surface area (Å²) in [6.07, 6.45) is 2.63. The number of likely N-dealkylation sites (N-methyl/N-ethyl adjacent to an activating group) is 1. The molecule has 57 heavy (non-hydrogen) atoms. The molecule has 10 nitrogen and oxygen atoms in total. The standard InChI is InChI=1S/C47H60N4O6/c1-5-40(35-17-11-7-12-18-35)44(36-20-24-38(52)25-21-36)37-22-26-39(27-23-37)57-30-29-51(4)43(53)19-13-8-14-28-49-46(55)42(31-33(2)3)50-47(56)45(54)41(48)32-34-15-9-6-10-16-34/h6-7,9-12,15-18,20-27,33,41-42,45,52,54H,5,8,13-14,19,28-32,48H2,1-4H3,(H,49,55)(H,50,56)/b44-40-/t41-,42+,45+/m1/s1. The number of amides is 3. The number of aromatic hydroxyl groups is 1. The van der Waals surface area contributed by atoms with Crippen LogP contribution >= 0.6 is 0 Å². The van der Waals surface area contributed by atoms with E-state index in [2.05, 4.69) is 29.7 Å². The lowest BCUT2D eigenvalue weighted by molar-refractivity contribution is -0.135. The molecule has 4 aromatic carbocycles. The number of unbranched alkanes of at least 4 members (excludes halogenated alkanes) is 2. The van der Waals surface area contributed by atoms with Crippen molar-refractivity contribution in [2.24, 2.45) is 11.7 Å². The van der Waals surface area contributed by atoms with Gasteiger partial charge in [0, 0.05) is 26.1 Å². The summed E-state index contributed by atoms with van der Waals surface area (Å²) < 4.78 is 6.02. The molecule has 0 saturated heterocycles. The van der Waals surface area contributed by atoms with Gasteiger partial charge in [0.1, 0.15) is 30.3 Å². The van der Waals surface area contributed by atoms with Crippen molar-refractivity contribution in [2.75, 3.05) is 26.7 Å². The molecule has 0 saturated carbocycles. The highest BCUT2D eigenvalue weighted by molar-refractivity contribution is 5.98. The normalized spacial score (nSPS) is 13.2. The molecule has 0 aliphatic heterocycles. The third-order valence-electron chi connectivity index (χ3n) is 9.89. The SMILES string of the molecule is CC/C(=C(\c1ccc(O)cc1)c1ccc(OCCN(C)C(=O)CCCCCNC(=O)[C@H](CC(C)C)NC(=O)[C@@H](O)[C@H](N)Cc2ccccc2)cc1)c1ccccc1. The van der Waals surface area contributed by atoms with E-state index in [-0.39, 0.29) is 23.5 Å². The van der Waals surface area contributed by atoms with E-state index in [9.17, 15) is 24.6 Å². The highest BCUT2D eigenvalue weighted by Gasteiger charge is 2.28. The van der Waals surface area contributed by atoms with Crippen molar-refractivity contribution >= 4 is 28.9 Å². The summed E-state index contributed by atoms with van der Waals surface area (Å²) in [7, 11) is 1.77. The fourth-order valence-electron chi connectivity index (χ4n) is 6.71. The van der Waals surface area contributed by atoms with Gasteiger partial charge in [-0.15, -0.1) is 0 Å². The lowest BCUT2D eigenvalue weighted by Crippen LogP contribution is -2.54. The fourth-order valence-corrected chi connectivity index (χ4v) is 6.71. The number of nitrogens with zero attached hydrogens (tertiary/aromatic N) is 1. The Morgan fingerprint density at radius 3 is 2.02 bits per heavy atom. The quantitative estimate of drug-likeness (QED) is 0.0438. The minimum atomic E-state index is -1.45. The van der Waals surface area contributed by atoms with Gasteiger partial charge in [0.15, 0.2) is 0 Å². The van der Waals surface area contributed by atoms with E-state index in [0.717, 1.165) is 40.7 Å². The van der Waals surface area contributed by atoms with E-state index >= 15 is 0 Å². The first-order valence-corrected chi connectivity index (χ1v) is 20.1. The molecule has 4 rings (SSSR count). The Balaban J connectivity index is 1.18. The van der Waals surface area contributed by atoms with Gasteiger partial charge in [0.05, 0.1) is 6.54 Å². The lowest BCUT2D eigenvalue weighted by atomic mass is 9.88. The van der Waals surface area contributed by atoms with Gasteiger partial charge in [-0.1, -0.05) is 112 Å². The number of rotatable bonds is 22. The Morgan fingerprint density at radius 1 is 0.789 bits per heavy atom. The number of nitrogens with two attached hydrogens (primary N) is 1. The summed E-state index contributed by atoms with van der Waals surface area (Å²) in [4.78, 5) is 40.3. The van der Waals surface area contributed by atoms with Crippen molar-refractivity contribution in [3.63, 3.8) is 0 Å². The first-order chi connectivity index (χ1) is 27.5. The number of carbonyl (C=O) groups excluding carboxylic acids is 3. The number of phenolic OH excluding ortho intramolecular Hbond substituents is 1. The number of benzene rings is 4. The maximum absolute atomic E-state index is 13.0. The zero-order valence-corrected chi connectivity index (χ0v) is 33.8. The minimum Gasteiger partial charge on any atom is -0.508 e. The highest BCUT2D eigenvalue weighted by Crippen LogP contribution is 2.35. The van der Waals surface area contributed by atoms with Crippen LogP contribution in [0.25, 0.3) is 11.1 Å². The second-order valence-corrected chi connectivity index (χ2v) is 14.9. The summed E-state index contributed by atoms with van der Waals surface area (Å²) in [6, 6.07) is 33.4. The molecule has 0 aliphatic carbocycles. The van der Waals surface area contributed by atoms with Crippen molar-refractivity contribution in [1.29, 1.82) is 0 Å². The maximum atomic E-state index is 13.0. The van der Waals surface area contributed by atoms with Crippen LogP contribution in [0, 0.1) is 5.92 Å². The molecule has 0 unspecified atom stereocenters. The summed E-state index contributed by atoms with van der Waals surface area (Å²) in [5, 5.41) is 26.1. The Bertz CT molecular complexity index is 1860. The van der Waals surface area contributed by atoms with Crippen LogP contribution in [0.1, 0.15) is 81.5 Å². The van der Waals surface area contributed by atoms with E-state index in [1.807, 2.05) is 98.8 Å². The largest absolute Gasteiger partial charge is 0.508 e. The summed E-state index contributed by atoms with van der Waals surface area (Å²) in [5.41, 5.74) is 12.5. The summed E-state index contributed by atoms with van der Waals surface area (Å²) >= 11 is 0. The molecule has 0 fully saturated rings. The maximum Gasteiger partial charge on any atom is 0.251 e. The number of ether oxygens (including phenoxy) is 1. The molecule has 3 atom stereocenters. The monoisotopic (exact) mass is 776 g/mol. The molecule has 3 amide bonds. The van der Waals surface area contributed by atoms with Crippen molar-refractivity contribution < 1.29 is 29.3 Å². The summed E-state index contributed by atoms with van der Waals surface area (Å²) in [5.74, 6) is 0.124. The van der Waals surface area contributed by atoms with E-state index in [4.69, 9.17) is 10.5 Å². The van der Waals surface area contributed by atoms with Crippen molar-refractivity contribution in [2.45, 2.75) is 83.9 Å². The van der Waals surface area contributed by atoms with Gasteiger partial charge in [0.2, 0.25) is 11.8 Å². The Hall–Kier alpha value is -5.45. The third-order valence-corrected chi connectivity index (χ3v) is 9.89. The molecule has 0 spiro atoms. The topological polar surface area (TPSA) is 154 Å². The summed E-state index contributed by atoms with van der Waals surface area (Å²) in [6.45, 7) is 7.28. The Kier molecular flexibility index (Phi) is 17.8. The molecule has 0 heterocycles. The highest BCUT2D eigenvalue weighted by atomic mass is 16.5. The second-order valence-electron chi connectivity index (χ2n) is 14.9. The first-order valence-electron chi connectivity index (χ1n) is 20.1. The smallest absolute Gasteiger partial charge is 0.251 e. The van der Waals surface area contributed by atoms with Crippen LogP contribution < -0.4 is 21.1 Å². The first kappa shape index (κ1) is 44.3. The van der Waals surface area contributed by atoms with Gasteiger partial charge in [-0.2, -0.15) is 0 Å². The average molecular weight is 777 g/mol. The number of phenols is 1. The number of nitrogens with one attached hydrogen (secondary N) is 2. The number of aliphatic hydroxyl groups excluding tert-OH is 1. The fraction of sp³-hybridized carbons (Fsp3) is 0.383. The average Bonchev–Trinajstić information content (AvgIpc) is 3.21. The van der Waals surface area contributed by atoms with E-state index in [1.54, 1.807) is 24.1 Å². The predicted molar refractivity (Wildman–Crippen MR) is 227 cm³/mol. The Morgan fingerprint density at radius 2 is 1.40 bits per heavy atom. The molecular weight excluding hydrogens is 717 g/mol. The van der Waals surface area contributed by atoms with Crippen LogP contribution in [0.4, 0.5) is 0 Å². The van der Waals surface area contributed by atoms with Crippen molar-refractivity contribution in [3.8, 4) is 11.5 Å². The number of allylic oxidation sites excluding steroid dienone is 1. The van der Waals surface area contributed by atoms with Gasteiger partial charge < -0.3 is 36.2 Å². The van der Waals surface area contributed by atoms with Gasteiger partial charge >= 0.3 is 0 Å². The van der Waals surface area contributed by atoms with Crippen LogP contribution in [-0.2, 0) is 20.8 Å². The molecule has 0 aromatic heterocycles. The Labute approximate surface area is 338 Å². The molecule has 10 heteroatoms. The van der Waals surface area contributed by atoms with Gasteiger partial charge in [-0.3, -0.25) is 14.4 Å². The molecule has 4 aromatic rings. The molecule has 304 valence electrons. The predicted octanol–water partition coefficient (Wildman–Crippen LogP) is 6.74. The van der Waals surface area contributed by atoms with Crippen LogP contribution in [0.2, 0.25) is 0 Å². The van der Waals surface area contributed by atoms with Crippen molar-refractivity contribution in [3.05, 3.63) is 131 Å². The minimum absolute atomic E-state index is 0.0263. The lowest BCUT2D eigenvalue weighted by Gasteiger charge is -2.24. The second kappa shape index (κ2) is 22.9. The van der Waals surface area contributed by atoms with Crippen LogP contribution in [0.5, 0.6) is 11.5 Å². The third kappa shape index (κ3) is 14.2. The van der Waals surface area contributed by atoms with Crippen molar-refractivity contribution in [1.82, 2.24) is 15.5 Å². The number of carbonyl (C=O) groups is 3. The number of aliphatic hydroxyl groups is 1.